The molecule has 0 saturated carbocycles. The molecule has 1 aromatic rings. The van der Waals surface area contributed by atoms with Crippen LogP contribution in [0.2, 0.25) is 0 Å². The zero-order chi connectivity index (χ0) is 15.7. The van der Waals surface area contributed by atoms with Gasteiger partial charge in [-0.05, 0) is 36.5 Å². The number of ether oxygens (including phenoxy) is 2. The fourth-order valence-electron chi connectivity index (χ4n) is 2.33. The van der Waals surface area contributed by atoms with E-state index in [4.69, 9.17) is 20.2 Å². The summed E-state index contributed by atoms with van der Waals surface area (Å²) in [5.74, 6) is 0.682. The minimum Gasteiger partial charge on any atom is -0.491 e. The van der Waals surface area contributed by atoms with E-state index in [1.54, 1.807) is 12.1 Å². The fraction of sp³-hybridized carbons (Fsp3) is 0.600. The van der Waals surface area contributed by atoms with E-state index in [1.165, 1.54) is 6.07 Å². The van der Waals surface area contributed by atoms with Crippen LogP contribution in [0.3, 0.4) is 0 Å². The molecule has 1 aliphatic heterocycles. The van der Waals surface area contributed by atoms with Crippen LogP contribution in [0.15, 0.2) is 23.1 Å². The molecule has 0 aliphatic carbocycles. The molecule has 1 heterocycles. The summed E-state index contributed by atoms with van der Waals surface area (Å²) in [6, 6.07) is 4.74. The highest BCUT2D eigenvalue weighted by atomic mass is 35.7. The zero-order valence-corrected chi connectivity index (χ0v) is 14.1. The SMILES string of the molecule is CC(C)(C)c1cc(S(=O)(=O)Cl)ccc1OCC1CCCO1. The number of benzene rings is 1. The molecule has 1 aromatic carbocycles. The van der Waals surface area contributed by atoms with Crippen LogP contribution in [0.5, 0.6) is 5.75 Å². The summed E-state index contributed by atoms with van der Waals surface area (Å²) in [5, 5.41) is 0. The van der Waals surface area contributed by atoms with E-state index in [1.807, 2.05) is 20.8 Å². The molecule has 0 radical (unpaired) electrons. The second-order valence-corrected chi connectivity index (χ2v) is 8.86. The van der Waals surface area contributed by atoms with E-state index in [-0.39, 0.29) is 16.4 Å². The maximum Gasteiger partial charge on any atom is 0.261 e. The second-order valence-electron chi connectivity index (χ2n) is 6.29. The van der Waals surface area contributed by atoms with E-state index >= 15 is 0 Å². The Kier molecular flexibility index (Phi) is 4.85. The normalized spacial score (nSPS) is 19.7. The highest BCUT2D eigenvalue weighted by Crippen LogP contribution is 2.34. The summed E-state index contributed by atoms with van der Waals surface area (Å²) in [5.41, 5.74) is 0.575. The first-order chi connectivity index (χ1) is 9.68. The van der Waals surface area contributed by atoms with Gasteiger partial charge in [0.1, 0.15) is 12.4 Å². The van der Waals surface area contributed by atoms with E-state index in [0.29, 0.717) is 12.4 Å². The molecule has 1 fully saturated rings. The van der Waals surface area contributed by atoms with Crippen LogP contribution in [-0.2, 0) is 19.2 Å². The van der Waals surface area contributed by atoms with E-state index in [2.05, 4.69) is 0 Å². The molecule has 1 atom stereocenters. The Balaban J connectivity index is 2.27. The Morgan fingerprint density at radius 1 is 1.38 bits per heavy atom. The van der Waals surface area contributed by atoms with Crippen LogP contribution >= 0.6 is 10.7 Å². The first kappa shape index (κ1) is 16.6. The van der Waals surface area contributed by atoms with Crippen LogP contribution in [-0.4, -0.2) is 27.7 Å². The van der Waals surface area contributed by atoms with Crippen molar-refractivity contribution >= 4 is 19.7 Å². The molecule has 4 nitrogen and oxygen atoms in total. The van der Waals surface area contributed by atoms with Crippen molar-refractivity contribution in [2.24, 2.45) is 0 Å². The van der Waals surface area contributed by atoms with Crippen LogP contribution in [0.4, 0.5) is 0 Å². The molecule has 0 bridgehead atoms. The third kappa shape index (κ3) is 4.34. The van der Waals surface area contributed by atoms with E-state index < -0.39 is 9.05 Å². The van der Waals surface area contributed by atoms with Crippen molar-refractivity contribution in [2.45, 2.75) is 50.0 Å². The summed E-state index contributed by atoms with van der Waals surface area (Å²) in [7, 11) is 1.68. The van der Waals surface area contributed by atoms with Gasteiger partial charge in [-0.25, -0.2) is 8.42 Å². The van der Waals surface area contributed by atoms with Crippen molar-refractivity contribution in [3.63, 3.8) is 0 Å². The Morgan fingerprint density at radius 3 is 2.62 bits per heavy atom. The average Bonchev–Trinajstić information content (AvgIpc) is 2.87. The number of hydrogen-bond donors (Lipinski definition) is 0. The van der Waals surface area contributed by atoms with Gasteiger partial charge in [0.05, 0.1) is 11.0 Å². The molecule has 0 N–H and O–H groups in total. The molecular weight excluding hydrogens is 312 g/mol. The largest absolute Gasteiger partial charge is 0.491 e. The topological polar surface area (TPSA) is 52.6 Å². The molecule has 21 heavy (non-hydrogen) atoms. The van der Waals surface area contributed by atoms with Crippen molar-refractivity contribution in [2.75, 3.05) is 13.2 Å². The number of hydrogen-bond acceptors (Lipinski definition) is 4. The second kappa shape index (κ2) is 6.15. The van der Waals surface area contributed by atoms with Gasteiger partial charge in [0.2, 0.25) is 0 Å². The molecule has 118 valence electrons. The van der Waals surface area contributed by atoms with Gasteiger partial charge in [-0.3, -0.25) is 0 Å². The Morgan fingerprint density at radius 2 is 2.10 bits per heavy atom. The molecule has 1 saturated heterocycles. The molecule has 0 amide bonds. The van der Waals surface area contributed by atoms with Gasteiger partial charge >= 0.3 is 0 Å². The van der Waals surface area contributed by atoms with E-state index in [9.17, 15) is 8.42 Å². The third-order valence-corrected chi connectivity index (χ3v) is 4.84. The lowest BCUT2D eigenvalue weighted by molar-refractivity contribution is 0.0672. The first-order valence-corrected chi connectivity index (χ1v) is 9.32. The van der Waals surface area contributed by atoms with Crippen LogP contribution in [0, 0.1) is 0 Å². The Bertz CT molecular complexity index is 599. The minimum absolute atomic E-state index is 0.0959. The van der Waals surface area contributed by atoms with Gasteiger partial charge in [0.15, 0.2) is 0 Å². The number of rotatable bonds is 4. The van der Waals surface area contributed by atoms with Gasteiger partial charge in [-0.1, -0.05) is 20.8 Å². The highest BCUT2D eigenvalue weighted by Gasteiger charge is 2.24. The summed E-state index contributed by atoms with van der Waals surface area (Å²) in [6.45, 7) is 7.28. The third-order valence-electron chi connectivity index (χ3n) is 3.49. The van der Waals surface area contributed by atoms with Gasteiger partial charge in [0, 0.05) is 22.9 Å². The van der Waals surface area contributed by atoms with Gasteiger partial charge in [-0.15, -0.1) is 0 Å². The minimum atomic E-state index is -3.74. The predicted octanol–water partition coefficient (Wildman–Crippen LogP) is 3.47. The first-order valence-electron chi connectivity index (χ1n) is 7.01. The van der Waals surface area contributed by atoms with Crippen LogP contribution in [0.1, 0.15) is 39.2 Å². The van der Waals surface area contributed by atoms with Crippen molar-refractivity contribution in [1.82, 2.24) is 0 Å². The maximum absolute atomic E-state index is 11.5. The molecule has 0 aromatic heterocycles. The Labute approximate surface area is 130 Å². The smallest absolute Gasteiger partial charge is 0.261 e. The molecular formula is C15H21ClO4S. The standard InChI is InChI=1S/C15H21ClO4S/c1-15(2,3)13-9-12(21(16,17)18)6-7-14(13)20-10-11-5-4-8-19-11/h6-7,9,11H,4-5,8,10H2,1-3H3. The summed E-state index contributed by atoms with van der Waals surface area (Å²) < 4.78 is 34.4. The maximum atomic E-state index is 11.5. The quantitative estimate of drug-likeness (QED) is 0.792. The molecule has 2 rings (SSSR count). The molecule has 1 aliphatic rings. The summed E-state index contributed by atoms with van der Waals surface area (Å²) >= 11 is 0. The van der Waals surface area contributed by atoms with E-state index in [0.717, 1.165) is 25.0 Å². The lowest BCUT2D eigenvalue weighted by Gasteiger charge is -2.24. The highest BCUT2D eigenvalue weighted by molar-refractivity contribution is 8.13. The fourth-order valence-corrected chi connectivity index (χ4v) is 3.11. The van der Waals surface area contributed by atoms with Gasteiger partial charge in [0.25, 0.3) is 9.05 Å². The zero-order valence-electron chi connectivity index (χ0n) is 12.6. The molecule has 0 spiro atoms. The monoisotopic (exact) mass is 332 g/mol. The number of halogens is 1. The lowest BCUT2D eigenvalue weighted by atomic mass is 9.86. The van der Waals surface area contributed by atoms with Crippen LogP contribution < -0.4 is 4.74 Å². The van der Waals surface area contributed by atoms with Crippen molar-refractivity contribution in [3.8, 4) is 5.75 Å². The molecule has 1 unspecified atom stereocenters. The van der Waals surface area contributed by atoms with Crippen molar-refractivity contribution in [1.29, 1.82) is 0 Å². The Hall–Kier alpha value is -0.780. The predicted molar refractivity (Wildman–Crippen MR) is 82.6 cm³/mol. The lowest BCUT2D eigenvalue weighted by Crippen LogP contribution is -2.19. The summed E-state index contributed by atoms with van der Waals surface area (Å²) in [6.07, 6.45) is 2.18. The van der Waals surface area contributed by atoms with Crippen molar-refractivity contribution in [3.05, 3.63) is 23.8 Å². The van der Waals surface area contributed by atoms with Gasteiger partial charge in [-0.2, -0.15) is 0 Å². The average molecular weight is 333 g/mol. The van der Waals surface area contributed by atoms with Gasteiger partial charge < -0.3 is 9.47 Å². The summed E-state index contributed by atoms with van der Waals surface area (Å²) in [4.78, 5) is 0.0959. The molecule has 6 heteroatoms. The van der Waals surface area contributed by atoms with Crippen molar-refractivity contribution < 1.29 is 17.9 Å². The van der Waals surface area contributed by atoms with Crippen LogP contribution in [0.25, 0.3) is 0 Å².